The zero-order chi connectivity index (χ0) is 22.7. The Balaban J connectivity index is 1.35. The molecule has 6 nitrogen and oxygen atoms in total. The van der Waals surface area contributed by atoms with Gasteiger partial charge in [-0.15, -0.1) is 0 Å². The SMILES string of the molecule is Cc1cccc(C)c1OCc1ccc(C(=O)Nc2ccn(Cc3ccc(Cl)c(Cl)c3)n2)o1. The van der Waals surface area contributed by atoms with Crippen molar-refractivity contribution >= 4 is 34.9 Å². The minimum absolute atomic E-state index is 0.184. The monoisotopic (exact) mass is 469 g/mol. The smallest absolute Gasteiger partial charge is 0.292 e. The second-order valence-corrected chi connectivity index (χ2v) is 8.19. The lowest BCUT2D eigenvalue weighted by atomic mass is 10.1. The van der Waals surface area contributed by atoms with Gasteiger partial charge in [-0.1, -0.05) is 47.5 Å². The Bertz CT molecular complexity index is 1240. The van der Waals surface area contributed by atoms with Gasteiger partial charge in [0, 0.05) is 12.3 Å². The summed E-state index contributed by atoms with van der Waals surface area (Å²) in [6, 6.07) is 16.4. The first-order valence-electron chi connectivity index (χ1n) is 9.95. The number of carbonyl (C=O) groups is 1. The molecule has 1 amide bonds. The van der Waals surface area contributed by atoms with Crippen molar-refractivity contribution in [3.05, 3.63) is 99.1 Å². The molecule has 0 aliphatic heterocycles. The molecule has 0 aliphatic rings. The van der Waals surface area contributed by atoms with Gasteiger partial charge in [0.1, 0.15) is 18.1 Å². The van der Waals surface area contributed by atoms with Crippen LogP contribution in [-0.4, -0.2) is 15.7 Å². The summed E-state index contributed by atoms with van der Waals surface area (Å²) in [5.41, 5.74) is 3.04. The van der Waals surface area contributed by atoms with Gasteiger partial charge in [0.15, 0.2) is 11.6 Å². The third-order valence-electron chi connectivity index (χ3n) is 4.86. The van der Waals surface area contributed by atoms with E-state index in [1.807, 2.05) is 38.1 Å². The molecule has 8 heteroatoms. The standard InChI is InChI=1S/C24H21Cl2N3O3/c1-15-4-3-5-16(2)23(15)31-14-18-7-9-21(32-18)24(30)27-22-10-11-29(28-22)13-17-6-8-19(25)20(26)12-17/h3-12H,13-14H2,1-2H3,(H,27,28,30). The van der Waals surface area contributed by atoms with Crippen molar-refractivity contribution in [1.29, 1.82) is 0 Å². The van der Waals surface area contributed by atoms with E-state index < -0.39 is 0 Å². The Labute approximate surface area is 195 Å². The summed E-state index contributed by atoms with van der Waals surface area (Å²) in [6.45, 7) is 4.71. The van der Waals surface area contributed by atoms with Crippen molar-refractivity contribution in [3.63, 3.8) is 0 Å². The minimum Gasteiger partial charge on any atom is -0.485 e. The Morgan fingerprint density at radius 2 is 1.84 bits per heavy atom. The molecule has 0 aliphatic carbocycles. The van der Waals surface area contributed by atoms with E-state index in [-0.39, 0.29) is 18.3 Å². The van der Waals surface area contributed by atoms with Gasteiger partial charge in [-0.3, -0.25) is 9.48 Å². The van der Waals surface area contributed by atoms with Gasteiger partial charge in [0.05, 0.1) is 16.6 Å². The van der Waals surface area contributed by atoms with Crippen molar-refractivity contribution in [1.82, 2.24) is 9.78 Å². The van der Waals surface area contributed by atoms with Gasteiger partial charge in [-0.2, -0.15) is 5.10 Å². The summed E-state index contributed by atoms with van der Waals surface area (Å²) in [4.78, 5) is 12.5. The highest BCUT2D eigenvalue weighted by atomic mass is 35.5. The number of aryl methyl sites for hydroxylation is 2. The van der Waals surface area contributed by atoms with E-state index in [2.05, 4.69) is 10.4 Å². The largest absolute Gasteiger partial charge is 0.485 e. The van der Waals surface area contributed by atoms with Gasteiger partial charge in [-0.25, -0.2) is 0 Å². The number of halogens is 2. The van der Waals surface area contributed by atoms with E-state index in [9.17, 15) is 4.79 Å². The topological polar surface area (TPSA) is 69.3 Å². The van der Waals surface area contributed by atoms with Gasteiger partial charge in [-0.05, 0) is 54.8 Å². The summed E-state index contributed by atoms with van der Waals surface area (Å²) >= 11 is 12.0. The number of nitrogens with one attached hydrogen (secondary N) is 1. The molecule has 2 aromatic heterocycles. The van der Waals surface area contributed by atoms with Crippen molar-refractivity contribution in [3.8, 4) is 5.75 Å². The molecule has 32 heavy (non-hydrogen) atoms. The second kappa shape index (κ2) is 9.51. The number of furan rings is 1. The summed E-state index contributed by atoms with van der Waals surface area (Å²) in [5.74, 6) is 1.59. The molecule has 0 bridgehead atoms. The molecule has 0 radical (unpaired) electrons. The van der Waals surface area contributed by atoms with Crippen LogP contribution in [0.25, 0.3) is 0 Å². The molecule has 4 rings (SSSR count). The molecule has 0 unspecified atom stereocenters. The number of benzene rings is 2. The van der Waals surface area contributed by atoms with Crippen molar-refractivity contribution in [2.75, 3.05) is 5.32 Å². The number of carbonyl (C=O) groups excluding carboxylic acids is 1. The fourth-order valence-corrected chi connectivity index (χ4v) is 3.59. The Hall–Kier alpha value is -3.22. The zero-order valence-corrected chi connectivity index (χ0v) is 19.1. The number of nitrogens with zero attached hydrogens (tertiary/aromatic N) is 2. The van der Waals surface area contributed by atoms with Gasteiger partial charge in [0.25, 0.3) is 5.91 Å². The number of ether oxygens (including phenoxy) is 1. The molecule has 0 fully saturated rings. The number of para-hydroxylation sites is 1. The number of anilines is 1. The fraction of sp³-hybridized carbons (Fsp3) is 0.167. The van der Waals surface area contributed by atoms with Crippen LogP contribution in [0.2, 0.25) is 10.0 Å². The van der Waals surface area contributed by atoms with E-state index in [4.69, 9.17) is 32.4 Å². The summed E-state index contributed by atoms with van der Waals surface area (Å²) in [7, 11) is 0. The molecule has 1 N–H and O–H groups in total. The lowest BCUT2D eigenvalue weighted by Crippen LogP contribution is -2.12. The first kappa shape index (κ1) is 22.0. The van der Waals surface area contributed by atoms with Gasteiger partial charge in [0.2, 0.25) is 0 Å². The molecule has 2 heterocycles. The lowest BCUT2D eigenvalue weighted by Gasteiger charge is -2.10. The molecule has 0 saturated carbocycles. The van der Waals surface area contributed by atoms with Crippen LogP contribution in [0, 0.1) is 13.8 Å². The quantitative estimate of drug-likeness (QED) is 0.345. The molecule has 4 aromatic rings. The van der Waals surface area contributed by atoms with Crippen LogP contribution < -0.4 is 10.1 Å². The first-order chi connectivity index (χ1) is 15.4. The number of rotatable bonds is 7. The Morgan fingerprint density at radius 3 is 2.59 bits per heavy atom. The maximum Gasteiger partial charge on any atom is 0.292 e. The normalized spacial score (nSPS) is 10.9. The van der Waals surface area contributed by atoms with E-state index >= 15 is 0 Å². The van der Waals surface area contributed by atoms with Gasteiger partial charge < -0.3 is 14.5 Å². The number of amides is 1. The molecular formula is C24H21Cl2N3O3. The molecule has 0 saturated heterocycles. The zero-order valence-electron chi connectivity index (χ0n) is 17.6. The van der Waals surface area contributed by atoms with Crippen molar-refractivity contribution in [2.24, 2.45) is 0 Å². The maximum atomic E-state index is 12.5. The summed E-state index contributed by atoms with van der Waals surface area (Å²) in [5, 5.41) is 8.09. The van der Waals surface area contributed by atoms with Crippen molar-refractivity contribution < 1.29 is 13.9 Å². The van der Waals surface area contributed by atoms with Crippen LogP contribution in [0.3, 0.4) is 0 Å². The minimum atomic E-state index is -0.386. The molecular weight excluding hydrogens is 449 g/mol. The number of hydrogen-bond donors (Lipinski definition) is 1. The van der Waals surface area contributed by atoms with E-state index in [0.717, 1.165) is 22.4 Å². The van der Waals surface area contributed by atoms with Crippen LogP contribution in [0.5, 0.6) is 5.75 Å². The average molecular weight is 470 g/mol. The Morgan fingerprint density at radius 1 is 1.06 bits per heavy atom. The summed E-state index contributed by atoms with van der Waals surface area (Å²) < 4.78 is 13.2. The number of hydrogen-bond acceptors (Lipinski definition) is 4. The third-order valence-corrected chi connectivity index (χ3v) is 5.60. The molecule has 0 spiro atoms. The molecule has 0 atom stereocenters. The molecule has 164 valence electrons. The average Bonchev–Trinajstić information content (AvgIpc) is 3.40. The van der Waals surface area contributed by atoms with Crippen LogP contribution in [0.15, 0.2) is 65.2 Å². The summed E-state index contributed by atoms with van der Waals surface area (Å²) in [6.07, 6.45) is 1.77. The van der Waals surface area contributed by atoms with Crippen LogP contribution in [-0.2, 0) is 13.2 Å². The maximum absolute atomic E-state index is 12.5. The van der Waals surface area contributed by atoms with E-state index in [0.29, 0.717) is 28.2 Å². The van der Waals surface area contributed by atoms with Crippen molar-refractivity contribution in [2.45, 2.75) is 27.0 Å². The molecule has 2 aromatic carbocycles. The van der Waals surface area contributed by atoms with E-state index in [1.165, 1.54) is 0 Å². The predicted molar refractivity (Wildman–Crippen MR) is 125 cm³/mol. The lowest BCUT2D eigenvalue weighted by molar-refractivity contribution is 0.0992. The first-order valence-corrected chi connectivity index (χ1v) is 10.7. The predicted octanol–water partition coefficient (Wildman–Crippen LogP) is 6.28. The van der Waals surface area contributed by atoms with Crippen LogP contribution in [0.1, 0.15) is 33.0 Å². The third kappa shape index (κ3) is 5.15. The Kier molecular flexibility index (Phi) is 6.53. The van der Waals surface area contributed by atoms with Crippen LogP contribution >= 0.6 is 23.2 Å². The highest BCUT2D eigenvalue weighted by molar-refractivity contribution is 6.42. The highest BCUT2D eigenvalue weighted by Crippen LogP contribution is 2.24. The highest BCUT2D eigenvalue weighted by Gasteiger charge is 2.14. The number of aromatic nitrogens is 2. The van der Waals surface area contributed by atoms with Crippen LogP contribution in [0.4, 0.5) is 5.82 Å². The second-order valence-electron chi connectivity index (χ2n) is 7.38. The fourth-order valence-electron chi connectivity index (χ4n) is 3.27. The van der Waals surface area contributed by atoms with Gasteiger partial charge >= 0.3 is 0 Å². The van der Waals surface area contributed by atoms with E-state index in [1.54, 1.807) is 41.2 Å².